The van der Waals surface area contributed by atoms with Crippen LogP contribution in [0.25, 0.3) is 0 Å². The number of nitrogens with zero attached hydrogens (tertiary/aromatic N) is 1. The zero-order chi connectivity index (χ0) is 16.9. The highest BCUT2D eigenvalue weighted by molar-refractivity contribution is 7.89. The van der Waals surface area contributed by atoms with Crippen molar-refractivity contribution in [1.82, 2.24) is 9.62 Å². The maximum absolute atomic E-state index is 12.5. The zero-order valence-electron chi connectivity index (χ0n) is 13.8. The van der Waals surface area contributed by atoms with Gasteiger partial charge in [-0.25, -0.2) is 8.42 Å². The molecule has 0 aliphatic heterocycles. The summed E-state index contributed by atoms with van der Waals surface area (Å²) >= 11 is 1.69. The smallest absolute Gasteiger partial charge is 0.243 e. The number of rotatable bonds is 8. The second kappa shape index (κ2) is 8.06. The van der Waals surface area contributed by atoms with E-state index in [-0.39, 0.29) is 6.04 Å². The second-order valence-electron chi connectivity index (χ2n) is 5.39. The van der Waals surface area contributed by atoms with Crippen molar-refractivity contribution in [3.8, 4) is 0 Å². The van der Waals surface area contributed by atoms with Gasteiger partial charge in [0.25, 0.3) is 0 Å². The monoisotopic (exact) mass is 352 g/mol. The molecule has 2 rings (SSSR count). The Kier molecular flexibility index (Phi) is 6.35. The molecule has 6 heteroatoms. The Morgan fingerprint density at radius 1 is 1.13 bits per heavy atom. The van der Waals surface area contributed by atoms with Crippen LogP contribution in [0.1, 0.15) is 37.9 Å². The Labute approximate surface area is 143 Å². The highest BCUT2D eigenvalue weighted by atomic mass is 32.2. The van der Waals surface area contributed by atoms with Crippen LogP contribution < -0.4 is 5.32 Å². The maximum atomic E-state index is 12.5. The number of hydrogen-bond acceptors (Lipinski definition) is 4. The predicted octanol–water partition coefficient (Wildman–Crippen LogP) is 3.63. The largest absolute Gasteiger partial charge is 0.306 e. The quantitative estimate of drug-likeness (QED) is 0.789. The van der Waals surface area contributed by atoms with Gasteiger partial charge in [0.2, 0.25) is 10.0 Å². The fourth-order valence-electron chi connectivity index (χ4n) is 2.42. The lowest BCUT2D eigenvalue weighted by molar-refractivity contribution is 0.445. The van der Waals surface area contributed by atoms with Gasteiger partial charge in [-0.2, -0.15) is 15.6 Å². The van der Waals surface area contributed by atoms with E-state index in [2.05, 4.69) is 29.1 Å². The van der Waals surface area contributed by atoms with Crippen molar-refractivity contribution in [3.05, 3.63) is 52.2 Å². The van der Waals surface area contributed by atoms with Gasteiger partial charge in [-0.1, -0.05) is 26.0 Å². The number of benzene rings is 1. The van der Waals surface area contributed by atoms with Crippen LogP contribution >= 0.6 is 11.3 Å². The Balaban J connectivity index is 2.06. The van der Waals surface area contributed by atoms with Gasteiger partial charge in [-0.15, -0.1) is 0 Å². The van der Waals surface area contributed by atoms with E-state index in [9.17, 15) is 8.42 Å². The van der Waals surface area contributed by atoms with E-state index in [0.29, 0.717) is 18.0 Å². The molecule has 0 saturated heterocycles. The van der Waals surface area contributed by atoms with Crippen LogP contribution in [0.3, 0.4) is 0 Å². The van der Waals surface area contributed by atoms with E-state index in [4.69, 9.17) is 0 Å². The van der Waals surface area contributed by atoms with Crippen molar-refractivity contribution >= 4 is 21.4 Å². The van der Waals surface area contributed by atoms with Crippen molar-refractivity contribution in [2.24, 2.45) is 0 Å². The van der Waals surface area contributed by atoms with Crippen LogP contribution in [0.4, 0.5) is 0 Å². The highest BCUT2D eigenvalue weighted by Gasteiger charge is 2.21. The number of thiophene rings is 1. The molecule has 0 amide bonds. The molecule has 0 aliphatic rings. The Bertz CT molecular complexity index is 691. The van der Waals surface area contributed by atoms with Gasteiger partial charge in [0.15, 0.2) is 0 Å². The van der Waals surface area contributed by atoms with Crippen LogP contribution in [0, 0.1) is 0 Å². The summed E-state index contributed by atoms with van der Waals surface area (Å²) in [7, 11) is -3.38. The second-order valence-corrected chi connectivity index (χ2v) is 8.11. The first-order valence-electron chi connectivity index (χ1n) is 7.83. The third-order valence-corrected chi connectivity index (χ3v) is 6.71. The molecular weight excluding hydrogens is 328 g/mol. The predicted molar refractivity (Wildman–Crippen MR) is 96.1 cm³/mol. The molecule has 0 spiro atoms. The minimum Gasteiger partial charge on any atom is -0.306 e. The van der Waals surface area contributed by atoms with Crippen LogP contribution in [0.5, 0.6) is 0 Å². The summed E-state index contributed by atoms with van der Waals surface area (Å²) in [6.45, 7) is 7.57. The lowest BCUT2D eigenvalue weighted by atomic mass is 10.1. The SMILES string of the molecule is CCN(CC)S(=O)(=O)c1ccc([C@H](C)NCc2ccsc2)cc1. The highest BCUT2D eigenvalue weighted by Crippen LogP contribution is 2.20. The molecular formula is C17H24N2O2S2. The van der Waals surface area contributed by atoms with E-state index in [1.807, 2.05) is 26.0 Å². The first-order valence-corrected chi connectivity index (χ1v) is 10.2. The van der Waals surface area contributed by atoms with Gasteiger partial charge < -0.3 is 5.32 Å². The van der Waals surface area contributed by atoms with Crippen molar-refractivity contribution in [3.63, 3.8) is 0 Å². The molecule has 0 bridgehead atoms. The average molecular weight is 353 g/mol. The first-order chi connectivity index (χ1) is 11.0. The van der Waals surface area contributed by atoms with E-state index < -0.39 is 10.0 Å². The van der Waals surface area contributed by atoms with Gasteiger partial charge >= 0.3 is 0 Å². The lowest BCUT2D eigenvalue weighted by Gasteiger charge is -2.19. The van der Waals surface area contributed by atoms with Gasteiger partial charge in [-0.05, 0) is 47.0 Å². The van der Waals surface area contributed by atoms with Crippen molar-refractivity contribution in [2.75, 3.05) is 13.1 Å². The lowest BCUT2D eigenvalue weighted by Crippen LogP contribution is -2.30. The zero-order valence-corrected chi connectivity index (χ0v) is 15.5. The van der Waals surface area contributed by atoms with E-state index in [1.54, 1.807) is 23.5 Å². The summed E-state index contributed by atoms with van der Waals surface area (Å²) in [4.78, 5) is 0.356. The van der Waals surface area contributed by atoms with Crippen molar-refractivity contribution in [2.45, 2.75) is 38.3 Å². The molecule has 0 fully saturated rings. The maximum Gasteiger partial charge on any atom is 0.243 e. The summed E-state index contributed by atoms with van der Waals surface area (Å²) in [5.41, 5.74) is 2.35. The molecule has 4 nitrogen and oxygen atoms in total. The van der Waals surface area contributed by atoms with Crippen LogP contribution in [0.2, 0.25) is 0 Å². The Morgan fingerprint density at radius 3 is 2.30 bits per heavy atom. The molecule has 0 aliphatic carbocycles. The van der Waals surface area contributed by atoms with Gasteiger partial charge in [0.1, 0.15) is 0 Å². The standard InChI is InChI=1S/C17H24N2O2S2/c1-4-19(5-2)23(20,21)17-8-6-16(7-9-17)14(3)18-12-15-10-11-22-13-15/h6-11,13-14,18H,4-5,12H2,1-3H3/t14-/m0/s1. The molecule has 0 radical (unpaired) electrons. The molecule has 0 saturated carbocycles. The summed E-state index contributed by atoms with van der Waals surface area (Å²) in [5, 5.41) is 7.64. The molecule has 2 aromatic rings. The molecule has 1 heterocycles. The third kappa shape index (κ3) is 4.41. The van der Waals surface area contributed by atoms with Gasteiger partial charge in [-0.3, -0.25) is 0 Å². The van der Waals surface area contributed by atoms with E-state index in [0.717, 1.165) is 12.1 Å². The first kappa shape index (κ1) is 18.1. The molecule has 126 valence electrons. The fourth-order valence-corrected chi connectivity index (χ4v) is 4.55. The normalized spacial score (nSPS) is 13.4. The van der Waals surface area contributed by atoms with Crippen LogP contribution in [0.15, 0.2) is 46.0 Å². The molecule has 1 atom stereocenters. The van der Waals surface area contributed by atoms with Crippen LogP contribution in [-0.2, 0) is 16.6 Å². The molecule has 23 heavy (non-hydrogen) atoms. The van der Waals surface area contributed by atoms with Gasteiger partial charge in [0.05, 0.1) is 4.90 Å². The Morgan fingerprint density at radius 2 is 1.78 bits per heavy atom. The number of sulfonamides is 1. The number of hydrogen-bond donors (Lipinski definition) is 1. The average Bonchev–Trinajstić information content (AvgIpc) is 3.07. The minimum absolute atomic E-state index is 0.167. The molecule has 1 N–H and O–H groups in total. The topological polar surface area (TPSA) is 49.4 Å². The summed E-state index contributed by atoms with van der Waals surface area (Å²) in [6.07, 6.45) is 0. The minimum atomic E-state index is -3.38. The summed E-state index contributed by atoms with van der Waals surface area (Å²) < 4.78 is 26.4. The van der Waals surface area contributed by atoms with E-state index in [1.165, 1.54) is 9.87 Å². The number of nitrogens with one attached hydrogen (secondary N) is 1. The van der Waals surface area contributed by atoms with Gasteiger partial charge in [0, 0.05) is 25.7 Å². The molecule has 0 unspecified atom stereocenters. The Hall–Kier alpha value is -1.21. The fraction of sp³-hybridized carbons (Fsp3) is 0.412. The van der Waals surface area contributed by atoms with E-state index >= 15 is 0 Å². The van der Waals surface area contributed by atoms with Crippen molar-refractivity contribution < 1.29 is 8.42 Å². The van der Waals surface area contributed by atoms with Crippen molar-refractivity contribution in [1.29, 1.82) is 0 Å². The summed E-state index contributed by atoms with van der Waals surface area (Å²) in [5.74, 6) is 0. The summed E-state index contributed by atoms with van der Waals surface area (Å²) in [6, 6.07) is 9.45. The molecule has 1 aromatic heterocycles. The third-order valence-electron chi connectivity index (χ3n) is 3.92. The molecule has 1 aromatic carbocycles. The van der Waals surface area contributed by atoms with Crippen LogP contribution in [-0.4, -0.2) is 25.8 Å².